The van der Waals surface area contributed by atoms with Gasteiger partial charge in [-0.15, -0.1) is 0 Å². The molecule has 0 aliphatic carbocycles. The number of hydrogen-bond acceptors (Lipinski definition) is 10. The summed E-state index contributed by atoms with van der Waals surface area (Å²) in [5.41, 5.74) is 0. The van der Waals surface area contributed by atoms with Gasteiger partial charge in [-0.05, 0) is 51.4 Å². The summed E-state index contributed by atoms with van der Waals surface area (Å²) < 4.78 is 17.3. The highest BCUT2D eigenvalue weighted by Gasteiger charge is 2.47. The Labute approximate surface area is 391 Å². The average Bonchev–Trinajstić information content (AvgIpc) is 3.30. The summed E-state index contributed by atoms with van der Waals surface area (Å²) in [5, 5.41) is 56.3. The second-order valence-electron chi connectivity index (χ2n) is 16.0. The molecule has 0 radical (unpaired) electrons. The molecule has 1 fully saturated rings. The number of aliphatic hydroxyl groups excluding tert-OH is 5. The van der Waals surface area contributed by atoms with Gasteiger partial charge in [-0.3, -0.25) is 9.59 Å². The first-order chi connectivity index (χ1) is 31.7. The van der Waals surface area contributed by atoms with Crippen LogP contribution in [0.1, 0.15) is 130 Å². The van der Waals surface area contributed by atoms with Crippen LogP contribution in [0.3, 0.4) is 0 Å². The van der Waals surface area contributed by atoms with Crippen molar-refractivity contribution >= 4 is 11.9 Å². The molecule has 1 aliphatic rings. The van der Waals surface area contributed by atoms with E-state index in [4.69, 9.17) is 14.2 Å². The van der Waals surface area contributed by atoms with Gasteiger partial charge in [0.15, 0.2) is 12.4 Å². The highest BCUT2D eigenvalue weighted by molar-refractivity contribution is 5.80. The van der Waals surface area contributed by atoms with Crippen LogP contribution in [0.25, 0.3) is 0 Å². The zero-order valence-corrected chi connectivity index (χ0v) is 39.5. The molecule has 0 saturated carbocycles. The predicted molar refractivity (Wildman–Crippen MR) is 264 cm³/mol. The van der Waals surface area contributed by atoms with Crippen molar-refractivity contribution in [2.45, 2.75) is 179 Å². The van der Waals surface area contributed by atoms with E-state index in [-0.39, 0.29) is 19.4 Å². The van der Waals surface area contributed by atoms with Gasteiger partial charge >= 0.3 is 5.97 Å². The minimum absolute atomic E-state index is 0.00977. The van der Waals surface area contributed by atoms with Gasteiger partial charge in [0.2, 0.25) is 5.91 Å². The molecule has 1 heterocycles. The Kier molecular flexibility index (Phi) is 37.3. The van der Waals surface area contributed by atoms with Crippen LogP contribution in [0.4, 0.5) is 0 Å². The molecule has 0 spiro atoms. The van der Waals surface area contributed by atoms with E-state index in [0.717, 1.165) is 38.5 Å². The van der Waals surface area contributed by atoms with Gasteiger partial charge in [-0.1, -0.05) is 206 Å². The topological polar surface area (TPSA) is 175 Å². The van der Waals surface area contributed by atoms with Crippen molar-refractivity contribution in [1.29, 1.82) is 0 Å². The first-order valence-corrected chi connectivity index (χ1v) is 24.1. The molecular weight excluding hydrogens is 823 g/mol. The summed E-state index contributed by atoms with van der Waals surface area (Å²) in [5.74, 6) is -1.37. The largest absolute Gasteiger partial charge is 0.454 e. The molecular formula is C54H83NO10. The number of carbonyl (C=O) groups is 2. The summed E-state index contributed by atoms with van der Waals surface area (Å²) in [6, 6.07) is -1.08. The third kappa shape index (κ3) is 30.6. The Bertz CT molecular complexity index is 1550. The molecule has 1 rings (SSSR count). The fraction of sp³-hybridized carbons (Fsp3) is 0.556. The Morgan fingerprint density at radius 1 is 0.615 bits per heavy atom. The fourth-order valence-corrected chi connectivity index (χ4v) is 6.47. The molecule has 0 aromatic heterocycles. The van der Waals surface area contributed by atoms with Crippen LogP contribution >= 0.6 is 0 Å². The summed E-state index contributed by atoms with van der Waals surface area (Å²) in [4.78, 5) is 26.2. The van der Waals surface area contributed by atoms with E-state index in [0.29, 0.717) is 19.3 Å². The number of aliphatic hydroxyl groups is 5. The Hall–Kier alpha value is -4.20. The van der Waals surface area contributed by atoms with Crippen molar-refractivity contribution < 1.29 is 49.3 Å². The summed E-state index contributed by atoms with van der Waals surface area (Å²) in [6.45, 7) is 5.32. The molecule has 11 heteroatoms. The Morgan fingerprint density at radius 3 is 1.65 bits per heavy atom. The molecule has 1 saturated heterocycles. The smallest absolute Gasteiger partial charge is 0.306 e. The van der Waals surface area contributed by atoms with Crippen molar-refractivity contribution in [3.8, 4) is 0 Å². The van der Waals surface area contributed by atoms with E-state index in [2.05, 4.69) is 38.2 Å². The zero-order valence-electron chi connectivity index (χ0n) is 39.5. The van der Waals surface area contributed by atoms with Gasteiger partial charge in [0.25, 0.3) is 0 Å². The Balaban J connectivity index is 2.93. The quantitative estimate of drug-likeness (QED) is 0.0154. The van der Waals surface area contributed by atoms with Gasteiger partial charge in [-0.2, -0.15) is 0 Å². The highest BCUT2D eigenvalue weighted by Crippen LogP contribution is 2.26. The fourth-order valence-electron chi connectivity index (χ4n) is 6.47. The van der Waals surface area contributed by atoms with Crippen LogP contribution in [0.5, 0.6) is 0 Å². The normalized spacial score (nSPS) is 21.5. The summed E-state index contributed by atoms with van der Waals surface area (Å²) in [7, 11) is 0. The van der Waals surface area contributed by atoms with Gasteiger partial charge in [0.1, 0.15) is 24.4 Å². The van der Waals surface area contributed by atoms with Crippen LogP contribution in [0.15, 0.2) is 134 Å². The number of unbranched alkanes of at least 4 members (excludes halogenated alkanes) is 10. The number of amides is 1. The monoisotopic (exact) mass is 906 g/mol. The summed E-state index contributed by atoms with van der Waals surface area (Å²) in [6.07, 6.45) is 46.8. The SMILES string of the molecule is CC/C=C/C=C/C=C\C=C/C=C/CCCC(=O)OC1C(OCC(NC(=O)C(O)CC/C=C/C=C\C=C/C=C/C=C/CC)C(O)/C=C/CCCCCCCCCCC)OC(CO)C(O)C1O. The molecule has 364 valence electrons. The molecule has 65 heavy (non-hydrogen) atoms. The number of allylic oxidation sites excluding steroid dienone is 21. The van der Waals surface area contributed by atoms with E-state index in [1.54, 1.807) is 6.08 Å². The Morgan fingerprint density at radius 2 is 1.11 bits per heavy atom. The third-order valence-electron chi connectivity index (χ3n) is 10.3. The maximum absolute atomic E-state index is 13.2. The summed E-state index contributed by atoms with van der Waals surface area (Å²) >= 11 is 0. The second kappa shape index (κ2) is 41.2. The lowest BCUT2D eigenvalue weighted by Crippen LogP contribution is -2.61. The van der Waals surface area contributed by atoms with Crippen molar-refractivity contribution in [2.24, 2.45) is 0 Å². The van der Waals surface area contributed by atoms with Crippen LogP contribution in [-0.2, 0) is 23.8 Å². The number of esters is 1. The lowest BCUT2D eigenvalue weighted by Gasteiger charge is -2.41. The predicted octanol–water partition coefficient (Wildman–Crippen LogP) is 9.37. The number of nitrogens with one attached hydrogen (secondary N) is 1. The number of carbonyl (C=O) groups excluding carboxylic acids is 2. The van der Waals surface area contributed by atoms with Crippen LogP contribution in [-0.4, -0.2) is 99.6 Å². The average molecular weight is 906 g/mol. The molecule has 0 aromatic rings. The van der Waals surface area contributed by atoms with E-state index < -0.39 is 67.4 Å². The zero-order chi connectivity index (χ0) is 47.6. The highest BCUT2D eigenvalue weighted by atomic mass is 16.7. The molecule has 1 aliphatic heterocycles. The second-order valence-corrected chi connectivity index (χ2v) is 16.0. The van der Waals surface area contributed by atoms with Crippen molar-refractivity contribution in [2.75, 3.05) is 13.2 Å². The van der Waals surface area contributed by atoms with E-state index >= 15 is 0 Å². The van der Waals surface area contributed by atoms with Crippen LogP contribution in [0, 0.1) is 0 Å². The lowest BCUT2D eigenvalue weighted by molar-refractivity contribution is -0.305. The standard InChI is InChI=1S/C54H83NO10/c1-4-7-10-13-16-19-22-24-27-30-33-36-39-42-49(59)65-52-51(61)50(60)48(43-56)64-54(52)63-44-45(46(57)40-37-34-31-28-25-21-18-15-12-9-6-3)55-53(62)47(58)41-38-35-32-29-26-23-20-17-14-11-8-5-2/h7-8,10-11,13-14,16-17,19-20,22-24,26-27,29-30,32-33,35,37,40,45-48,50-52,54,56-58,60-61H,4-6,9,12,15,18,21,25,28,31,34,36,38-39,41-44H2,1-3H3,(H,55,62)/b10-7+,11-8+,16-13+,17-14+,22-19-,23-20-,27-24-,29-26-,33-30+,35-32+,40-37+. The van der Waals surface area contributed by atoms with E-state index in [1.165, 1.54) is 38.5 Å². The number of ether oxygens (including phenoxy) is 3. The van der Waals surface area contributed by atoms with Crippen molar-refractivity contribution in [3.05, 3.63) is 134 Å². The van der Waals surface area contributed by atoms with Gasteiger partial charge in [-0.25, -0.2) is 0 Å². The first kappa shape index (κ1) is 58.8. The van der Waals surface area contributed by atoms with Gasteiger partial charge in [0, 0.05) is 6.42 Å². The lowest BCUT2D eigenvalue weighted by atomic mass is 9.99. The molecule has 11 nitrogen and oxygen atoms in total. The molecule has 8 atom stereocenters. The minimum atomic E-state index is -1.66. The van der Waals surface area contributed by atoms with Gasteiger partial charge < -0.3 is 45.1 Å². The maximum atomic E-state index is 13.2. The van der Waals surface area contributed by atoms with Crippen LogP contribution in [0.2, 0.25) is 0 Å². The van der Waals surface area contributed by atoms with Crippen molar-refractivity contribution in [3.63, 3.8) is 0 Å². The first-order valence-electron chi connectivity index (χ1n) is 24.1. The molecule has 0 bridgehead atoms. The molecule has 8 unspecified atom stereocenters. The van der Waals surface area contributed by atoms with E-state index in [9.17, 15) is 35.1 Å². The third-order valence-corrected chi connectivity index (χ3v) is 10.3. The maximum Gasteiger partial charge on any atom is 0.306 e. The number of rotatable bonds is 36. The van der Waals surface area contributed by atoms with Crippen molar-refractivity contribution in [1.82, 2.24) is 5.32 Å². The number of hydrogen-bond donors (Lipinski definition) is 6. The van der Waals surface area contributed by atoms with Crippen LogP contribution < -0.4 is 5.32 Å². The minimum Gasteiger partial charge on any atom is -0.454 e. The molecule has 0 aromatic carbocycles. The molecule has 6 N–H and O–H groups in total. The molecule has 1 amide bonds. The van der Waals surface area contributed by atoms with Gasteiger partial charge in [0.05, 0.1) is 25.4 Å². The van der Waals surface area contributed by atoms with E-state index in [1.807, 2.05) is 115 Å².